The zero-order valence-electron chi connectivity index (χ0n) is 12.6. The zero-order valence-corrected chi connectivity index (χ0v) is 13.4. The van der Waals surface area contributed by atoms with Crippen LogP contribution in [0.4, 0.5) is 0 Å². The molecule has 1 aromatic carbocycles. The van der Waals surface area contributed by atoms with Crippen LogP contribution >= 0.6 is 0 Å². The number of rotatable bonds is 8. The quantitative estimate of drug-likeness (QED) is 0.692. The zero-order chi connectivity index (χ0) is 15.2. The highest BCUT2D eigenvalue weighted by Crippen LogP contribution is 2.21. The molecule has 0 aromatic heterocycles. The van der Waals surface area contributed by atoms with E-state index >= 15 is 0 Å². The van der Waals surface area contributed by atoms with Crippen molar-refractivity contribution in [3.8, 4) is 0 Å². The molecular weight excluding hydrogens is 276 g/mol. The summed E-state index contributed by atoms with van der Waals surface area (Å²) < 4.78 is 35.5. The van der Waals surface area contributed by atoms with E-state index < -0.39 is 15.4 Å². The van der Waals surface area contributed by atoms with E-state index in [1.165, 1.54) is 0 Å². The Hall–Kier alpha value is -0.910. The van der Waals surface area contributed by atoms with Crippen LogP contribution in [-0.4, -0.2) is 32.7 Å². The molecule has 114 valence electrons. The van der Waals surface area contributed by atoms with Gasteiger partial charge in [0.2, 0.25) is 0 Å². The van der Waals surface area contributed by atoms with Gasteiger partial charge in [0.1, 0.15) is 0 Å². The van der Waals surface area contributed by atoms with E-state index in [-0.39, 0.29) is 12.0 Å². The third-order valence-corrected chi connectivity index (χ3v) is 4.69. The second-order valence-corrected chi connectivity index (χ2v) is 7.39. The van der Waals surface area contributed by atoms with Gasteiger partial charge < -0.3 is 9.47 Å². The van der Waals surface area contributed by atoms with Crippen LogP contribution in [0.2, 0.25) is 0 Å². The van der Waals surface area contributed by atoms with E-state index in [1.807, 2.05) is 27.7 Å². The molecule has 1 aromatic rings. The fraction of sp³-hybridized carbons (Fsp3) is 0.600. The van der Waals surface area contributed by atoms with E-state index in [1.54, 1.807) is 30.3 Å². The topological polar surface area (TPSA) is 52.6 Å². The first-order chi connectivity index (χ1) is 9.27. The fourth-order valence-electron chi connectivity index (χ4n) is 1.90. The Bertz CT molecular complexity index is 494. The number of sulfone groups is 1. The summed E-state index contributed by atoms with van der Waals surface area (Å²) in [6.45, 7) is 8.04. The van der Waals surface area contributed by atoms with Crippen LogP contribution in [0.1, 0.15) is 34.1 Å². The maximum Gasteiger partial charge on any atom is 0.178 e. The van der Waals surface area contributed by atoms with E-state index in [2.05, 4.69) is 0 Å². The first-order valence-electron chi connectivity index (χ1n) is 6.84. The molecular formula is C15H24O4S. The van der Waals surface area contributed by atoms with E-state index in [9.17, 15) is 8.42 Å². The smallest absolute Gasteiger partial charge is 0.178 e. The standard InChI is InChI=1S/C15H24O4S/c1-5-18-13(2)19-15(3,4)11-12-20(16,17)14-9-7-6-8-10-14/h6-10,13H,5,11-12H2,1-4H3. The van der Waals surface area contributed by atoms with Crippen molar-refractivity contribution >= 4 is 9.84 Å². The van der Waals surface area contributed by atoms with Crippen LogP contribution in [0.15, 0.2) is 35.2 Å². The summed E-state index contributed by atoms with van der Waals surface area (Å²) in [6, 6.07) is 8.49. The van der Waals surface area contributed by atoms with Gasteiger partial charge in [-0.25, -0.2) is 8.42 Å². The average molecular weight is 300 g/mol. The van der Waals surface area contributed by atoms with Crippen molar-refractivity contribution in [2.75, 3.05) is 12.4 Å². The van der Waals surface area contributed by atoms with Gasteiger partial charge in [-0.05, 0) is 46.2 Å². The van der Waals surface area contributed by atoms with Crippen molar-refractivity contribution in [3.63, 3.8) is 0 Å². The highest BCUT2D eigenvalue weighted by Gasteiger charge is 2.25. The summed E-state index contributed by atoms with van der Waals surface area (Å²) >= 11 is 0. The predicted octanol–water partition coefficient (Wildman–Crippen LogP) is 3.03. The molecule has 0 aliphatic heterocycles. The molecule has 5 heteroatoms. The molecule has 0 saturated carbocycles. The number of ether oxygens (including phenoxy) is 2. The van der Waals surface area contributed by atoms with Crippen molar-refractivity contribution in [3.05, 3.63) is 30.3 Å². The lowest BCUT2D eigenvalue weighted by atomic mass is 10.1. The third-order valence-electron chi connectivity index (χ3n) is 2.96. The summed E-state index contributed by atoms with van der Waals surface area (Å²) in [6.07, 6.45) is 0.0798. The van der Waals surface area contributed by atoms with Crippen LogP contribution in [-0.2, 0) is 19.3 Å². The Morgan fingerprint density at radius 2 is 1.80 bits per heavy atom. The second-order valence-electron chi connectivity index (χ2n) is 5.28. The summed E-state index contributed by atoms with van der Waals surface area (Å²) in [4.78, 5) is 0.355. The molecule has 0 spiro atoms. The van der Waals surface area contributed by atoms with Crippen LogP contribution in [0.5, 0.6) is 0 Å². The van der Waals surface area contributed by atoms with Crippen molar-refractivity contribution < 1.29 is 17.9 Å². The maximum atomic E-state index is 12.2. The predicted molar refractivity (Wildman–Crippen MR) is 79.4 cm³/mol. The fourth-order valence-corrected chi connectivity index (χ4v) is 3.47. The summed E-state index contributed by atoms with van der Waals surface area (Å²) in [5, 5.41) is 0. The molecule has 0 N–H and O–H groups in total. The van der Waals surface area contributed by atoms with Gasteiger partial charge in [0.25, 0.3) is 0 Å². The highest BCUT2D eigenvalue weighted by atomic mass is 32.2. The number of hydrogen-bond donors (Lipinski definition) is 0. The molecule has 0 bridgehead atoms. The first-order valence-corrected chi connectivity index (χ1v) is 8.49. The first kappa shape index (κ1) is 17.1. The van der Waals surface area contributed by atoms with Crippen molar-refractivity contribution in [2.45, 2.75) is 50.9 Å². The highest BCUT2D eigenvalue weighted by molar-refractivity contribution is 7.91. The largest absolute Gasteiger partial charge is 0.353 e. The molecule has 0 heterocycles. The molecule has 0 radical (unpaired) electrons. The Labute approximate surface area is 122 Å². The Morgan fingerprint density at radius 1 is 1.20 bits per heavy atom. The van der Waals surface area contributed by atoms with Gasteiger partial charge in [-0.2, -0.15) is 0 Å². The van der Waals surface area contributed by atoms with Crippen LogP contribution in [0.3, 0.4) is 0 Å². The van der Waals surface area contributed by atoms with Gasteiger partial charge in [0.05, 0.1) is 16.2 Å². The lowest BCUT2D eigenvalue weighted by molar-refractivity contribution is -0.189. The van der Waals surface area contributed by atoms with Crippen LogP contribution in [0, 0.1) is 0 Å². The van der Waals surface area contributed by atoms with Crippen molar-refractivity contribution in [1.82, 2.24) is 0 Å². The third kappa shape index (κ3) is 5.61. The molecule has 1 atom stereocenters. The van der Waals surface area contributed by atoms with Gasteiger partial charge in [-0.3, -0.25) is 0 Å². The molecule has 0 amide bonds. The Balaban J connectivity index is 2.61. The molecule has 0 aliphatic carbocycles. The van der Waals surface area contributed by atoms with Gasteiger partial charge in [0.15, 0.2) is 16.1 Å². The normalized spacial score (nSPS) is 14.2. The summed E-state index contributed by atoms with van der Waals surface area (Å²) in [5.74, 6) is 0.0584. The Kier molecular flexibility index (Phi) is 6.17. The lowest BCUT2D eigenvalue weighted by Crippen LogP contribution is -2.32. The maximum absolute atomic E-state index is 12.2. The molecule has 0 aliphatic rings. The average Bonchev–Trinajstić information content (AvgIpc) is 2.37. The van der Waals surface area contributed by atoms with Gasteiger partial charge in [0, 0.05) is 6.61 Å². The Morgan fingerprint density at radius 3 is 2.35 bits per heavy atom. The molecule has 20 heavy (non-hydrogen) atoms. The molecule has 0 saturated heterocycles. The summed E-state index contributed by atoms with van der Waals surface area (Å²) in [7, 11) is -3.26. The van der Waals surface area contributed by atoms with Gasteiger partial charge in [-0.15, -0.1) is 0 Å². The van der Waals surface area contributed by atoms with Gasteiger partial charge in [-0.1, -0.05) is 18.2 Å². The SMILES string of the molecule is CCOC(C)OC(C)(C)CCS(=O)(=O)c1ccccc1. The lowest BCUT2D eigenvalue weighted by Gasteiger charge is -2.28. The molecule has 4 nitrogen and oxygen atoms in total. The van der Waals surface area contributed by atoms with Gasteiger partial charge >= 0.3 is 0 Å². The molecule has 1 unspecified atom stereocenters. The number of benzene rings is 1. The van der Waals surface area contributed by atoms with Crippen molar-refractivity contribution in [1.29, 1.82) is 0 Å². The van der Waals surface area contributed by atoms with E-state index in [4.69, 9.17) is 9.47 Å². The minimum atomic E-state index is -3.26. The minimum absolute atomic E-state index is 0.0584. The molecule has 1 rings (SSSR count). The van der Waals surface area contributed by atoms with Crippen LogP contribution in [0.25, 0.3) is 0 Å². The van der Waals surface area contributed by atoms with Crippen molar-refractivity contribution in [2.24, 2.45) is 0 Å². The summed E-state index contributed by atoms with van der Waals surface area (Å²) in [5.41, 5.74) is -0.545. The van der Waals surface area contributed by atoms with E-state index in [0.29, 0.717) is 17.9 Å². The molecule has 0 fully saturated rings. The van der Waals surface area contributed by atoms with E-state index in [0.717, 1.165) is 0 Å². The number of hydrogen-bond acceptors (Lipinski definition) is 4. The van der Waals surface area contributed by atoms with Crippen LogP contribution < -0.4 is 0 Å². The minimum Gasteiger partial charge on any atom is -0.353 e. The monoisotopic (exact) mass is 300 g/mol. The second kappa shape index (κ2) is 7.20.